The van der Waals surface area contributed by atoms with Crippen LogP contribution >= 0.6 is 15.9 Å². The highest BCUT2D eigenvalue weighted by molar-refractivity contribution is 9.10. The second-order valence-electron chi connectivity index (χ2n) is 4.65. The van der Waals surface area contributed by atoms with Crippen LogP contribution in [0.25, 0.3) is 0 Å². The number of aromatic nitrogens is 2. The summed E-state index contributed by atoms with van der Waals surface area (Å²) in [5.74, 6) is 0.212. The Labute approximate surface area is 118 Å². The maximum atomic E-state index is 12.2. The number of carbonyl (C=O) groups excluding carboxylic acids is 1. The molecule has 0 saturated carbocycles. The smallest absolute Gasteiger partial charge is 0.182 e. The molecule has 0 atom stereocenters. The highest BCUT2D eigenvalue weighted by Gasteiger charge is 2.16. The molecule has 0 aliphatic carbocycles. The Morgan fingerprint density at radius 2 is 1.94 bits per heavy atom. The topological polar surface area (TPSA) is 34.9 Å². The Morgan fingerprint density at radius 1 is 1.22 bits per heavy atom. The SMILES string of the molecule is CCCCCCCC(=O)c1c(Br)cnn1CCC. The van der Waals surface area contributed by atoms with Crippen molar-refractivity contribution in [3.63, 3.8) is 0 Å². The normalized spacial score (nSPS) is 10.8. The quantitative estimate of drug-likeness (QED) is 0.493. The van der Waals surface area contributed by atoms with Crippen LogP contribution in [0.1, 0.15) is 69.3 Å². The summed E-state index contributed by atoms with van der Waals surface area (Å²) >= 11 is 3.42. The molecule has 0 spiro atoms. The lowest BCUT2D eigenvalue weighted by Crippen LogP contribution is -2.11. The largest absolute Gasteiger partial charge is 0.292 e. The third-order valence-electron chi connectivity index (χ3n) is 3.00. The van der Waals surface area contributed by atoms with Crippen molar-refractivity contribution >= 4 is 21.7 Å². The molecule has 18 heavy (non-hydrogen) atoms. The second kappa shape index (κ2) is 8.46. The summed E-state index contributed by atoms with van der Waals surface area (Å²) in [6.07, 6.45) is 9.23. The average Bonchev–Trinajstić information content (AvgIpc) is 2.71. The number of aryl methyl sites for hydroxylation is 1. The predicted molar refractivity (Wildman–Crippen MR) is 77.9 cm³/mol. The third kappa shape index (κ3) is 4.56. The number of carbonyl (C=O) groups is 1. The van der Waals surface area contributed by atoms with Gasteiger partial charge in [0, 0.05) is 13.0 Å². The van der Waals surface area contributed by atoms with E-state index in [2.05, 4.69) is 34.9 Å². The van der Waals surface area contributed by atoms with Crippen molar-refractivity contribution in [2.45, 2.75) is 65.3 Å². The van der Waals surface area contributed by atoms with Crippen molar-refractivity contribution < 1.29 is 4.79 Å². The first-order valence-corrected chi connectivity index (χ1v) is 7.74. The van der Waals surface area contributed by atoms with Crippen LogP contribution < -0.4 is 0 Å². The van der Waals surface area contributed by atoms with Crippen LogP contribution in [0.5, 0.6) is 0 Å². The van der Waals surface area contributed by atoms with Crippen molar-refractivity contribution in [3.05, 3.63) is 16.4 Å². The van der Waals surface area contributed by atoms with Crippen LogP contribution in [-0.4, -0.2) is 15.6 Å². The van der Waals surface area contributed by atoms with Crippen molar-refractivity contribution in [1.29, 1.82) is 0 Å². The molecule has 0 aliphatic heterocycles. The summed E-state index contributed by atoms with van der Waals surface area (Å²) in [5, 5.41) is 4.23. The number of ketones is 1. The van der Waals surface area contributed by atoms with E-state index < -0.39 is 0 Å². The van der Waals surface area contributed by atoms with E-state index in [1.807, 2.05) is 4.68 Å². The fourth-order valence-corrected chi connectivity index (χ4v) is 2.55. The Kier molecular flexibility index (Phi) is 7.25. The van der Waals surface area contributed by atoms with Gasteiger partial charge >= 0.3 is 0 Å². The summed E-state index contributed by atoms with van der Waals surface area (Å²) in [6.45, 7) is 5.10. The van der Waals surface area contributed by atoms with Gasteiger partial charge in [0.15, 0.2) is 5.78 Å². The Hall–Kier alpha value is -0.640. The van der Waals surface area contributed by atoms with Gasteiger partial charge in [0.1, 0.15) is 5.69 Å². The molecule has 0 aliphatic rings. The van der Waals surface area contributed by atoms with Crippen LogP contribution in [0.2, 0.25) is 0 Å². The van der Waals surface area contributed by atoms with Crippen molar-refractivity contribution in [2.24, 2.45) is 0 Å². The van der Waals surface area contributed by atoms with Crippen LogP contribution in [-0.2, 0) is 6.54 Å². The maximum absolute atomic E-state index is 12.2. The molecule has 1 aromatic rings. The molecule has 0 fully saturated rings. The molecule has 1 rings (SSSR count). The molecule has 4 heteroatoms. The summed E-state index contributed by atoms with van der Waals surface area (Å²) in [5.41, 5.74) is 0.743. The molecule has 1 aromatic heterocycles. The molecule has 0 aromatic carbocycles. The zero-order valence-electron chi connectivity index (χ0n) is 11.4. The lowest BCUT2D eigenvalue weighted by Gasteiger charge is -2.06. The van der Waals surface area contributed by atoms with Crippen LogP contribution in [0, 0.1) is 0 Å². The summed E-state index contributed by atoms with van der Waals surface area (Å²) in [4.78, 5) is 12.2. The van der Waals surface area contributed by atoms with E-state index in [0.717, 1.165) is 36.0 Å². The van der Waals surface area contributed by atoms with Crippen molar-refractivity contribution in [3.8, 4) is 0 Å². The minimum absolute atomic E-state index is 0.212. The minimum Gasteiger partial charge on any atom is -0.292 e. The van der Waals surface area contributed by atoms with E-state index in [4.69, 9.17) is 0 Å². The van der Waals surface area contributed by atoms with Crippen molar-refractivity contribution in [2.75, 3.05) is 0 Å². The fraction of sp³-hybridized carbons (Fsp3) is 0.714. The molecule has 0 bridgehead atoms. The molecule has 1 heterocycles. The van der Waals surface area contributed by atoms with E-state index in [-0.39, 0.29) is 5.78 Å². The average molecular weight is 315 g/mol. The fourth-order valence-electron chi connectivity index (χ4n) is 2.03. The lowest BCUT2D eigenvalue weighted by molar-refractivity contribution is 0.0967. The molecule has 0 radical (unpaired) electrons. The standard InChI is InChI=1S/C14H23BrN2O/c1-3-5-6-7-8-9-13(18)14-12(15)11-16-17(14)10-4-2/h11H,3-10H2,1-2H3. The Balaban J connectivity index is 2.47. The Morgan fingerprint density at radius 3 is 2.61 bits per heavy atom. The van der Waals surface area contributed by atoms with E-state index in [9.17, 15) is 4.79 Å². The zero-order chi connectivity index (χ0) is 13.4. The highest BCUT2D eigenvalue weighted by atomic mass is 79.9. The molecule has 3 nitrogen and oxygen atoms in total. The highest BCUT2D eigenvalue weighted by Crippen LogP contribution is 2.19. The molecule has 0 N–H and O–H groups in total. The Bertz CT molecular complexity index is 374. The minimum atomic E-state index is 0.212. The van der Waals surface area contributed by atoms with Gasteiger partial charge in [-0.15, -0.1) is 0 Å². The number of rotatable bonds is 9. The summed E-state index contributed by atoms with van der Waals surface area (Å²) in [7, 11) is 0. The van der Waals surface area contributed by atoms with E-state index in [0.29, 0.717) is 6.42 Å². The zero-order valence-corrected chi connectivity index (χ0v) is 13.0. The van der Waals surface area contributed by atoms with Gasteiger partial charge in [0.05, 0.1) is 10.7 Å². The van der Waals surface area contributed by atoms with Gasteiger partial charge in [-0.1, -0.05) is 39.5 Å². The van der Waals surface area contributed by atoms with Gasteiger partial charge in [-0.3, -0.25) is 9.48 Å². The van der Waals surface area contributed by atoms with Gasteiger partial charge in [-0.25, -0.2) is 0 Å². The number of Topliss-reactive ketones (excluding diaryl/α,β-unsaturated/α-hetero) is 1. The molecular weight excluding hydrogens is 292 g/mol. The van der Waals surface area contributed by atoms with Crippen LogP contribution in [0.15, 0.2) is 10.7 Å². The second-order valence-corrected chi connectivity index (χ2v) is 5.51. The van der Waals surface area contributed by atoms with E-state index >= 15 is 0 Å². The molecular formula is C14H23BrN2O. The first kappa shape index (κ1) is 15.4. The van der Waals surface area contributed by atoms with Gasteiger partial charge < -0.3 is 0 Å². The lowest BCUT2D eigenvalue weighted by atomic mass is 10.1. The van der Waals surface area contributed by atoms with E-state index in [1.54, 1.807) is 6.20 Å². The first-order valence-electron chi connectivity index (χ1n) is 6.95. The van der Waals surface area contributed by atoms with Crippen molar-refractivity contribution in [1.82, 2.24) is 9.78 Å². The monoisotopic (exact) mass is 314 g/mol. The molecule has 102 valence electrons. The number of halogens is 1. The van der Waals surface area contributed by atoms with E-state index in [1.165, 1.54) is 19.3 Å². The third-order valence-corrected chi connectivity index (χ3v) is 3.58. The molecule has 0 unspecified atom stereocenters. The van der Waals surface area contributed by atoms with Gasteiger partial charge in [0.25, 0.3) is 0 Å². The first-order chi connectivity index (χ1) is 8.70. The van der Waals surface area contributed by atoms with Crippen LogP contribution in [0.3, 0.4) is 0 Å². The maximum Gasteiger partial charge on any atom is 0.182 e. The number of hydrogen-bond acceptors (Lipinski definition) is 2. The molecule has 0 amide bonds. The number of hydrogen-bond donors (Lipinski definition) is 0. The van der Waals surface area contributed by atoms with Gasteiger partial charge in [0.2, 0.25) is 0 Å². The summed E-state index contributed by atoms with van der Waals surface area (Å²) in [6, 6.07) is 0. The van der Waals surface area contributed by atoms with Gasteiger partial charge in [-0.2, -0.15) is 5.10 Å². The van der Waals surface area contributed by atoms with Crippen LogP contribution in [0.4, 0.5) is 0 Å². The summed E-state index contributed by atoms with van der Waals surface area (Å²) < 4.78 is 2.65. The number of unbranched alkanes of at least 4 members (excludes halogenated alkanes) is 4. The molecule has 0 saturated heterocycles. The van der Waals surface area contributed by atoms with Gasteiger partial charge in [-0.05, 0) is 28.8 Å². The predicted octanol–water partition coefficient (Wildman–Crippen LogP) is 4.60. The number of nitrogens with zero attached hydrogens (tertiary/aromatic N) is 2.